The zero-order chi connectivity index (χ0) is 17.0. The molecule has 3 aliphatic rings. The van der Waals surface area contributed by atoms with E-state index in [1.54, 1.807) is 6.26 Å². The third kappa shape index (κ3) is 2.38. The highest BCUT2D eigenvalue weighted by Crippen LogP contribution is 2.48. The van der Waals surface area contributed by atoms with Crippen LogP contribution in [0.15, 0.2) is 47.1 Å². The van der Waals surface area contributed by atoms with Gasteiger partial charge >= 0.3 is 0 Å². The maximum absolute atomic E-state index is 6.56. The van der Waals surface area contributed by atoms with Gasteiger partial charge in [-0.1, -0.05) is 11.6 Å². The molecular formula is C19H20ClN3O2. The van der Waals surface area contributed by atoms with Crippen LogP contribution in [0.1, 0.15) is 30.2 Å². The van der Waals surface area contributed by atoms with Gasteiger partial charge < -0.3 is 19.5 Å². The number of ether oxygens (including phenoxy) is 1. The summed E-state index contributed by atoms with van der Waals surface area (Å²) < 4.78 is 12.2. The zero-order valence-corrected chi connectivity index (χ0v) is 14.8. The minimum atomic E-state index is -0.358. The average molecular weight is 358 g/mol. The third-order valence-electron chi connectivity index (χ3n) is 5.43. The van der Waals surface area contributed by atoms with Gasteiger partial charge in [-0.2, -0.15) is 5.01 Å². The number of fused-ring (bicyclic) bond motifs is 4. The normalized spacial score (nSPS) is 25.0. The first-order valence-electron chi connectivity index (χ1n) is 8.63. The Balaban J connectivity index is 1.60. The number of furan rings is 1. The quantitative estimate of drug-likeness (QED) is 0.843. The van der Waals surface area contributed by atoms with Crippen LogP contribution in [0.2, 0.25) is 5.02 Å². The molecule has 1 N–H and O–H groups in total. The second-order valence-electron chi connectivity index (χ2n) is 7.02. The topological polar surface area (TPSA) is 40.9 Å². The molecule has 2 aromatic rings. The molecule has 0 radical (unpaired) electrons. The molecule has 25 heavy (non-hydrogen) atoms. The smallest absolute Gasteiger partial charge is 0.182 e. The lowest BCUT2D eigenvalue weighted by atomic mass is 9.93. The SMILES string of the molecule is CN1CCC2(CC1)Oc1ccc(Cl)cc1C1C=C(c3ccco3)NN12. The first-order valence-corrected chi connectivity index (χ1v) is 9.01. The predicted octanol–water partition coefficient (Wildman–Crippen LogP) is 3.65. The maximum Gasteiger partial charge on any atom is 0.182 e. The van der Waals surface area contributed by atoms with Gasteiger partial charge in [0.15, 0.2) is 11.5 Å². The molecule has 0 aliphatic carbocycles. The molecule has 0 bridgehead atoms. The fourth-order valence-corrected chi connectivity index (χ4v) is 4.21. The molecule has 1 spiro atoms. The zero-order valence-electron chi connectivity index (χ0n) is 14.0. The summed E-state index contributed by atoms with van der Waals surface area (Å²) in [6.07, 6.45) is 5.78. The Morgan fingerprint density at radius 1 is 1.24 bits per heavy atom. The van der Waals surface area contributed by atoms with E-state index in [1.807, 2.05) is 30.3 Å². The minimum Gasteiger partial charge on any atom is -0.470 e. The molecular weight excluding hydrogens is 338 g/mol. The lowest BCUT2D eigenvalue weighted by Gasteiger charge is -2.51. The number of hydrogen-bond donors (Lipinski definition) is 1. The van der Waals surface area contributed by atoms with Crippen LogP contribution in [0.3, 0.4) is 0 Å². The Morgan fingerprint density at radius 2 is 2.08 bits per heavy atom. The molecule has 0 amide bonds. The van der Waals surface area contributed by atoms with Crippen LogP contribution in [0.5, 0.6) is 5.75 Å². The second kappa shape index (κ2) is 5.53. The van der Waals surface area contributed by atoms with Crippen molar-refractivity contribution in [2.75, 3.05) is 20.1 Å². The van der Waals surface area contributed by atoms with Crippen molar-refractivity contribution in [3.63, 3.8) is 0 Å². The van der Waals surface area contributed by atoms with Crippen molar-refractivity contribution in [1.29, 1.82) is 0 Å². The average Bonchev–Trinajstić information content (AvgIpc) is 3.28. The van der Waals surface area contributed by atoms with Crippen molar-refractivity contribution in [1.82, 2.24) is 15.3 Å². The summed E-state index contributed by atoms with van der Waals surface area (Å²) in [5.41, 5.74) is 5.25. The molecule has 6 heteroatoms. The van der Waals surface area contributed by atoms with Gasteiger partial charge in [-0.05, 0) is 43.5 Å². The van der Waals surface area contributed by atoms with Crippen LogP contribution in [-0.2, 0) is 0 Å². The monoisotopic (exact) mass is 357 g/mol. The Morgan fingerprint density at radius 3 is 2.84 bits per heavy atom. The second-order valence-corrected chi connectivity index (χ2v) is 7.45. The third-order valence-corrected chi connectivity index (χ3v) is 5.66. The highest BCUT2D eigenvalue weighted by atomic mass is 35.5. The Hall–Kier alpha value is -1.95. The predicted molar refractivity (Wildman–Crippen MR) is 95.9 cm³/mol. The Kier molecular flexibility index (Phi) is 3.39. The molecule has 5 nitrogen and oxygen atoms in total. The molecule has 1 aromatic carbocycles. The van der Waals surface area contributed by atoms with E-state index in [2.05, 4.69) is 28.5 Å². The van der Waals surface area contributed by atoms with E-state index in [1.165, 1.54) is 0 Å². The Labute approximate surface area is 151 Å². The van der Waals surface area contributed by atoms with Crippen LogP contribution >= 0.6 is 11.6 Å². The summed E-state index contributed by atoms with van der Waals surface area (Å²) in [7, 11) is 2.16. The van der Waals surface area contributed by atoms with Crippen molar-refractivity contribution < 1.29 is 9.15 Å². The van der Waals surface area contributed by atoms with Gasteiger partial charge in [-0.25, -0.2) is 0 Å². The van der Waals surface area contributed by atoms with Gasteiger partial charge in [0.05, 0.1) is 18.0 Å². The molecule has 1 fully saturated rings. The van der Waals surface area contributed by atoms with Crippen molar-refractivity contribution in [2.45, 2.75) is 24.6 Å². The first kappa shape index (κ1) is 15.3. The number of benzene rings is 1. The highest BCUT2D eigenvalue weighted by Gasteiger charge is 2.51. The summed E-state index contributed by atoms with van der Waals surface area (Å²) in [5.74, 6) is 1.76. The number of hydrazine groups is 1. The molecule has 4 heterocycles. The van der Waals surface area contributed by atoms with Crippen LogP contribution < -0.4 is 10.2 Å². The van der Waals surface area contributed by atoms with Crippen LogP contribution in [0, 0.1) is 0 Å². The number of nitrogens with zero attached hydrogens (tertiary/aromatic N) is 2. The van der Waals surface area contributed by atoms with E-state index in [0.29, 0.717) is 0 Å². The number of nitrogens with one attached hydrogen (secondary N) is 1. The number of likely N-dealkylation sites (tertiary alicyclic amines) is 1. The fraction of sp³-hybridized carbons (Fsp3) is 0.368. The molecule has 3 aliphatic heterocycles. The van der Waals surface area contributed by atoms with Crippen molar-refractivity contribution in [2.24, 2.45) is 0 Å². The summed E-state index contributed by atoms with van der Waals surface area (Å²) in [6, 6.07) is 9.84. The molecule has 5 rings (SSSR count). The van der Waals surface area contributed by atoms with E-state index < -0.39 is 0 Å². The fourth-order valence-electron chi connectivity index (χ4n) is 4.03. The maximum atomic E-state index is 6.56. The van der Waals surface area contributed by atoms with E-state index in [0.717, 1.165) is 53.7 Å². The van der Waals surface area contributed by atoms with Crippen LogP contribution in [-0.4, -0.2) is 35.8 Å². The summed E-state index contributed by atoms with van der Waals surface area (Å²) in [4.78, 5) is 2.35. The number of piperidine rings is 1. The number of hydrogen-bond acceptors (Lipinski definition) is 5. The van der Waals surface area contributed by atoms with E-state index in [-0.39, 0.29) is 11.8 Å². The largest absolute Gasteiger partial charge is 0.470 e. The molecule has 1 saturated heterocycles. The van der Waals surface area contributed by atoms with E-state index in [9.17, 15) is 0 Å². The Bertz CT molecular complexity index is 825. The van der Waals surface area contributed by atoms with Crippen molar-refractivity contribution in [3.05, 3.63) is 59.0 Å². The van der Waals surface area contributed by atoms with Crippen molar-refractivity contribution >= 4 is 17.3 Å². The molecule has 0 saturated carbocycles. The van der Waals surface area contributed by atoms with Gasteiger partial charge in [-0.3, -0.25) is 0 Å². The summed E-state index contributed by atoms with van der Waals surface area (Å²) >= 11 is 6.26. The summed E-state index contributed by atoms with van der Waals surface area (Å²) in [5, 5.41) is 2.97. The first-order chi connectivity index (χ1) is 12.1. The lowest BCUT2D eigenvalue weighted by molar-refractivity contribution is -0.157. The van der Waals surface area contributed by atoms with Gasteiger partial charge in [0.1, 0.15) is 5.75 Å². The standard InChI is InChI=1S/C19H20ClN3O2/c1-22-8-6-19(7-9-22)23-16(12-15(21-23)18-3-2-10-24-18)14-11-13(20)4-5-17(14)25-19/h2-5,10-12,16,21H,6-9H2,1H3. The minimum absolute atomic E-state index is 0.0750. The highest BCUT2D eigenvalue weighted by molar-refractivity contribution is 6.30. The molecule has 1 atom stereocenters. The van der Waals surface area contributed by atoms with Crippen LogP contribution in [0.4, 0.5) is 0 Å². The van der Waals surface area contributed by atoms with Gasteiger partial charge in [-0.15, -0.1) is 0 Å². The van der Waals surface area contributed by atoms with E-state index in [4.69, 9.17) is 20.8 Å². The molecule has 1 aromatic heterocycles. The van der Waals surface area contributed by atoms with Crippen LogP contribution in [0.25, 0.3) is 5.70 Å². The number of rotatable bonds is 1. The molecule has 130 valence electrons. The summed E-state index contributed by atoms with van der Waals surface area (Å²) in [6.45, 7) is 2.01. The molecule has 1 unspecified atom stereocenters. The lowest BCUT2D eigenvalue weighted by Crippen LogP contribution is -2.63. The van der Waals surface area contributed by atoms with Gasteiger partial charge in [0.2, 0.25) is 0 Å². The number of halogens is 1. The van der Waals surface area contributed by atoms with Gasteiger partial charge in [0.25, 0.3) is 0 Å². The van der Waals surface area contributed by atoms with Crippen molar-refractivity contribution in [3.8, 4) is 5.75 Å². The van der Waals surface area contributed by atoms with E-state index >= 15 is 0 Å². The van der Waals surface area contributed by atoms with Gasteiger partial charge in [0, 0.05) is 36.5 Å².